The summed E-state index contributed by atoms with van der Waals surface area (Å²) >= 11 is 0. The number of hydrogen-bond donors (Lipinski definition) is 2. The first-order valence-corrected chi connectivity index (χ1v) is 7.84. The van der Waals surface area contributed by atoms with Gasteiger partial charge in [0.1, 0.15) is 5.75 Å². The molecule has 112 valence electrons. The SMILES string of the molecule is CCCCCCc1ccc(Nc2ccc(C)cc2)cc1O. The second kappa shape index (κ2) is 7.72. The summed E-state index contributed by atoms with van der Waals surface area (Å²) in [4.78, 5) is 0. The number of benzene rings is 2. The molecule has 0 aromatic heterocycles. The van der Waals surface area contributed by atoms with E-state index in [1.165, 1.54) is 24.8 Å². The summed E-state index contributed by atoms with van der Waals surface area (Å²) in [6, 6.07) is 14.1. The van der Waals surface area contributed by atoms with Crippen molar-refractivity contribution in [3.63, 3.8) is 0 Å². The first-order valence-electron chi connectivity index (χ1n) is 7.84. The Hall–Kier alpha value is -1.96. The van der Waals surface area contributed by atoms with Crippen molar-refractivity contribution in [2.45, 2.75) is 46.0 Å². The number of phenolic OH excluding ortho intramolecular Hbond substituents is 1. The molecule has 2 aromatic carbocycles. The van der Waals surface area contributed by atoms with E-state index in [0.29, 0.717) is 5.75 Å². The Bertz CT molecular complexity index is 560. The Morgan fingerprint density at radius 3 is 2.29 bits per heavy atom. The predicted octanol–water partition coefficient (Wildman–Crippen LogP) is 5.57. The van der Waals surface area contributed by atoms with E-state index in [2.05, 4.69) is 31.3 Å². The lowest BCUT2D eigenvalue weighted by Gasteiger charge is -2.10. The number of aryl methyl sites for hydroxylation is 2. The van der Waals surface area contributed by atoms with Gasteiger partial charge in [0, 0.05) is 17.4 Å². The van der Waals surface area contributed by atoms with Crippen molar-refractivity contribution < 1.29 is 5.11 Å². The van der Waals surface area contributed by atoms with E-state index in [-0.39, 0.29) is 0 Å². The number of unbranched alkanes of at least 4 members (excludes halogenated alkanes) is 3. The Morgan fingerprint density at radius 1 is 0.905 bits per heavy atom. The number of nitrogens with one attached hydrogen (secondary N) is 1. The third kappa shape index (κ3) is 4.82. The molecule has 0 heterocycles. The van der Waals surface area contributed by atoms with Crippen molar-refractivity contribution in [3.05, 3.63) is 53.6 Å². The number of hydrogen-bond acceptors (Lipinski definition) is 2. The highest BCUT2D eigenvalue weighted by Gasteiger charge is 2.03. The van der Waals surface area contributed by atoms with E-state index >= 15 is 0 Å². The van der Waals surface area contributed by atoms with Gasteiger partial charge in [0.2, 0.25) is 0 Å². The normalized spacial score (nSPS) is 10.6. The minimum Gasteiger partial charge on any atom is -0.508 e. The third-order valence-corrected chi connectivity index (χ3v) is 3.73. The molecule has 0 aliphatic heterocycles. The number of phenols is 1. The summed E-state index contributed by atoms with van der Waals surface area (Å²) < 4.78 is 0. The summed E-state index contributed by atoms with van der Waals surface area (Å²) in [5.74, 6) is 0.392. The highest BCUT2D eigenvalue weighted by molar-refractivity contribution is 5.62. The summed E-state index contributed by atoms with van der Waals surface area (Å²) in [6.45, 7) is 4.28. The van der Waals surface area contributed by atoms with Gasteiger partial charge in [-0.05, 0) is 43.5 Å². The van der Waals surface area contributed by atoms with Crippen molar-refractivity contribution in [2.75, 3.05) is 5.32 Å². The van der Waals surface area contributed by atoms with Gasteiger partial charge in [-0.25, -0.2) is 0 Å². The van der Waals surface area contributed by atoms with Crippen molar-refractivity contribution in [1.29, 1.82) is 0 Å². The van der Waals surface area contributed by atoms with Gasteiger partial charge in [-0.3, -0.25) is 0 Å². The van der Waals surface area contributed by atoms with E-state index in [9.17, 15) is 5.11 Å². The molecule has 2 aromatic rings. The van der Waals surface area contributed by atoms with E-state index in [0.717, 1.165) is 29.8 Å². The molecule has 0 amide bonds. The molecule has 0 spiro atoms. The lowest BCUT2D eigenvalue weighted by molar-refractivity contribution is 0.466. The fourth-order valence-corrected chi connectivity index (χ4v) is 2.40. The number of rotatable bonds is 7. The van der Waals surface area contributed by atoms with E-state index < -0.39 is 0 Å². The van der Waals surface area contributed by atoms with Crippen LogP contribution in [-0.2, 0) is 6.42 Å². The smallest absolute Gasteiger partial charge is 0.120 e. The summed E-state index contributed by atoms with van der Waals surface area (Å²) in [5.41, 5.74) is 4.25. The van der Waals surface area contributed by atoms with Gasteiger partial charge >= 0.3 is 0 Å². The molecule has 0 atom stereocenters. The Balaban J connectivity index is 1.96. The van der Waals surface area contributed by atoms with Gasteiger partial charge in [0.15, 0.2) is 0 Å². The Morgan fingerprint density at radius 2 is 1.62 bits per heavy atom. The monoisotopic (exact) mass is 283 g/mol. The number of anilines is 2. The minimum atomic E-state index is 0.392. The molecule has 0 fully saturated rings. The standard InChI is InChI=1S/C19H25NO/c1-3-4-5-6-7-16-10-13-18(14-19(16)21)20-17-11-8-15(2)9-12-17/h8-14,20-21H,3-7H2,1-2H3. The second-order valence-electron chi connectivity index (χ2n) is 5.65. The van der Waals surface area contributed by atoms with Gasteiger partial charge in [-0.2, -0.15) is 0 Å². The molecule has 2 nitrogen and oxygen atoms in total. The summed E-state index contributed by atoms with van der Waals surface area (Å²) in [5, 5.41) is 13.4. The molecule has 0 aliphatic rings. The Kier molecular flexibility index (Phi) is 5.68. The molecular weight excluding hydrogens is 258 g/mol. The lowest BCUT2D eigenvalue weighted by Crippen LogP contribution is -1.92. The van der Waals surface area contributed by atoms with Gasteiger partial charge in [-0.1, -0.05) is 49.9 Å². The van der Waals surface area contributed by atoms with E-state index in [1.807, 2.05) is 30.3 Å². The molecule has 2 N–H and O–H groups in total. The van der Waals surface area contributed by atoms with Gasteiger partial charge in [0.25, 0.3) is 0 Å². The molecule has 0 saturated heterocycles. The molecule has 0 radical (unpaired) electrons. The highest BCUT2D eigenvalue weighted by Crippen LogP contribution is 2.26. The first kappa shape index (κ1) is 15.4. The molecule has 21 heavy (non-hydrogen) atoms. The maximum atomic E-state index is 10.1. The van der Waals surface area contributed by atoms with Crippen LogP contribution in [0.5, 0.6) is 5.75 Å². The quantitative estimate of drug-likeness (QED) is 0.651. The zero-order valence-electron chi connectivity index (χ0n) is 13.0. The molecule has 0 aliphatic carbocycles. The molecule has 0 saturated carbocycles. The summed E-state index contributed by atoms with van der Waals surface area (Å²) in [7, 11) is 0. The van der Waals surface area contributed by atoms with Gasteiger partial charge in [-0.15, -0.1) is 0 Å². The first-order chi connectivity index (χ1) is 10.2. The van der Waals surface area contributed by atoms with Crippen molar-refractivity contribution >= 4 is 11.4 Å². The van der Waals surface area contributed by atoms with Crippen LogP contribution in [0.3, 0.4) is 0 Å². The molecule has 2 heteroatoms. The maximum absolute atomic E-state index is 10.1. The topological polar surface area (TPSA) is 32.3 Å². The Labute approximate surface area is 127 Å². The zero-order valence-corrected chi connectivity index (χ0v) is 13.0. The maximum Gasteiger partial charge on any atom is 0.120 e. The average molecular weight is 283 g/mol. The molecule has 0 unspecified atom stereocenters. The van der Waals surface area contributed by atoms with Crippen LogP contribution in [0.2, 0.25) is 0 Å². The van der Waals surface area contributed by atoms with Crippen LogP contribution in [-0.4, -0.2) is 5.11 Å². The largest absolute Gasteiger partial charge is 0.508 e. The van der Waals surface area contributed by atoms with Crippen LogP contribution in [0.15, 0.2) is 42.5 Å². The lowest BCUT2D eigenvalue weighted by atomic mass is 10.0. The van der Waals surface area contributed by atoms with Gasteiger partial charge < -0.3 is 10.4 Å². The number of aromatic hydroxyl groups is 1. The predicted molar refractivity (Wildman–Crippen MR) is 90.4 cm³/mol. The van der Waals surface area contributed by atoms with Crippen molar-refractivity contribution in [2.24, 2.45) is 0 Å². The second-order valence-corrected chi connectivity index (χ2v) is 5.65. The van der Waals surface area contributed by atoms with E-state index in [4.69, 9.17) is 0 Å². The van der Waals surface area contributed by atoms with Crippen molar-refractivity contribution in [1.82, 2.24) is 0 Å². The van der Waals surface area contributed by atoms with Crippen LogP contribution >= 0.6 is 0 Å². The highest BCUT2D eigenvalue weighted by atomic mass is 16.3. The third-order valence-electron chi connectivity index (χ3n) is 3.73. The molecule has 2 rings (SSSR count). The average Bonchev–Trinajstić information content (AvgIpc) is 2.48. The minimum absolute atomic E-state index is 0.392. The van der Waals surface area contributed by atoms with Gasteiger partial charge in [0.05, 0.1) is 0 Å². The van der Waals surface area contributed by atoms with Crippen LogP contribution < -0.4 is 5.32 Å². The zero-order chi connectivity index (χ0) is 15.1. The van der Waals surface area contributed by atoms with E-state index in [1.54, 1.807) is 0 Å². The molecular formula is C19H25NO. The van der Waals surface area contributed by atoms with Crippen LogP contribution in [0.1, 0.15) is 43.7 Å². The van der Waals surface area contributed by atoms with Crippen molar-refractivity contribution in [3.8, 4) is 5.75 Å². The van der Waals surface area contributed by atoms with Crippen LogP contribution in [0.4, 0.5) is 11.4 Å². The molecule has 0 bridgehead atoms. The fraction of sp³-hybridized carbons (Fsp3) is 0.368. The van der Waals surface area contributed by atoms with Crippen LogP contribution in [0.25, 0.3) is 0 Å². The van der Waals surface area contributed by atoms with Crippen LogP contribution in [0, 0.1) is 6.92 Å². The summed E-state index contributed by atoms with van der Waals surface area (Å²) in [6.07, 6.45) is 5.85. The fourth-order valence-electron chi connectivity index (χ4n) is 2.40.